The predicted molar refractivity (Wildman–Crippen MR) is 84.1 cm³/mol. The van der Waals surface area contributed by atoms with Crippen LogP contribution < -0.4 is 5.32 Å². The molecule has 1 N–H and O–H groups in total. The van der Waals surface area contributed by atoms with Gasteiger partial charge in [-0.15, -0.1) is 24.8 Å². The maximum absolute atomic E-state index is 13.3. The van der Waals surface area contributed by atoms with Crippen LogP contribution in [0.3, 0.4) is 0 Å². The molecule has 134 valence electrons. The third kappa shape index (κ3) is 5.90. The lowest BCUT2D eigenvalue weighted by Gasteiger charge is -2.35. The minimum absolute atomic E-state index is 0. The molecule has 0 aliphatic carbocycles. The molecule has 0 unspecified atom stereocenters. The van der Waals surface area contributed by atoms with Gasteiger partial charge in [-0.2, -0.15) is 13.2 Å². The van der Waals surface area contributed by atoms with Gasteiger partial charge >= 0.3 is 6.18 Å². The molecule has 0 amide bonds. The van der Waals surface area contributed by atoms with Crippen LogP contribution in [0.2, 0.25) is 5.02 Å². The van der Waals surface area contributed by atoms with Gasteiger partial charge in [0.05, 0.1) is 11.6 Å². The molecule has 0 spiro atoms. The van der Waals surface area contributed by atoms with Crippen molar-refractivity contribution in [1.29, 1.82) is 0 Å². The van der Waals surface area contributed by atoms with Gasteiger partial charge in [-0.1, -0.05) is 11.6 Å². The summed E-state index contributed by atoms with van der Waals surface area (Å²) < 4.78 is 65.0. The van der Waals surface area contributed by atoms with Crippen molar-refractivity contribution in [2.24, 2.45) is 0 Å². The zero-order valence-electron chi connectivity index (χ0n) is 11.7. The van der Waals surface area contributed by atoms with E-state index in [-0.39, 0.29) is 35.4 Å². The fourth-order valence-electron chi connectivity index (χ4n) is 2.42. The number of benzene rings is 1. The fraction of sp³-hybridized carbons (Fsp3) is 0.538. The van der Waals surface area contributed by atoms with E-state index in [0.717, 1.165) is 12.1 Å². The molecular formula is C13H16Cl3F5N2. The standard InChI is InChI=1S/C13H14ClF5N2.2ClH/c14-10-6-8(5-9(7-10)13(17,18)19)11(12(15)16)21-3-1-20-2-4-21;;/h5-7,11-12,20H,1-4H2;2*1H/t11-;;/m0../s1. The molecule has 1 aromatic carbocycles. The van der Waals surface area contributed by atoms with Crippen molar-refractivity contribution in [3.63, 3.8) is 0 Å². The summed E-state index contributed by atoms with van der Waals surface area (Å²) in [5, 5.41) is 2.82. The largest absolute Gasteiger partial charge is 0.416 e. The third-order valence-corrected chi connectivity index (χ3v) is 3.59. The van der Waals surface area contributed by atoms with Gasteiger partial charge in [0.2, 0.25) is 0 Å². The van der Waals surface area contributed by atoms with Gasteiger partial charge in [0.15, 0.2) is 0 Å². The first-order valence-electron chi connectivity index (χ1n) is 6.39. The Bertz CT molecular complexity index is 493. The maximum Gasteiger partial charge on any atom is 0.416 e. The van der Waals surface area contributed by atoms with Crippen molar-refractivity contribution < 1.29 is 22.0 Å². The van der Waals surface area contributed by atoms with Gasteiger partial charge in [0.1, 0.15) is 0 Å². The Balaban J connectivity index is 0.00000242. The van der Waals surface area contributed by atoms with E-state index < -0.39 is 24.2 Å². The highest BCUT2D eigenvalue weighted by Crippen LogP contribution is 2.36. The van der Waals surface area contributed by atoms with Gasteiger partial charge in [0, 0.05) is 31.2 Å². The Morgan fingerprint density at radius 3 is 2.09 bits per heavy atom. The zero-order chi connectivity index (χ0) is 15.6. The lowest BCUT2D eigenvalue weighted by molar-refractivity contribution is -0.137. The molecule has 1 aromatic rings. The maximum atomic E-state index is 13.3. The molecule has 0 aromatic heterocycles. The Morgan fingerprint density at radius 1 is 1.04 bits per heavy atom. The Hall–Kier alpha value is -0.340. The molecule has 0 saturated carbocycles. The monoisotopic (exact) mass is 400 g/mol. The number of nitrogens with one attached hydrogen (secondary N) is 1. The quantitative estimate of drug-likeness (QED) is 0.755. The number of alkyl halides is 5. The van der Waals surface area contributed by atoms with E-state index in [1.54, 1.807) is 0 Å². The van der Waals surface area contributed by atoms with Gasteiger partial charge in [-0.05, 0) is 23.8 Å². The number of halogens is 8. The van der Waals surface area contributed by atoms with E-state index in [2.05, 4.69) is 5.32 Å². The first-order valence-corrected chi connectivity index (χ1v) is 6.77. The molecule has 10 heteroatoms. The first-order chi connectivity index (χ1) is 9.79. The Labute approximate surface area is 148 Å². The molecule has 23 heavy (non-hydrogen) atoms. The number of hydrogen-bond donors (Lipinski definition) is 1. The zero-order valence-corrected chi connectivity index (χ0v) is 14.1. The minimum atomic E-state index is -4.62. The lowest BCUT2D eigenvalue weighted by Crippen LogP contribution is -2.46. The molecule has 1 aliphatic heterocycles. The average molecular weight is 402 g/mol. The highest BCUT2D eigenvalue weighted by atomic mass is 35.5. The van der Waals surface area contributed by atoms with Crippen molar-refractivity contribution in [3.8, 4) is 0 Å². The molecule has 1 saturated heterocycles. The molecule has 1 heterocycles. The van der Waals surface area contributed by atoms with Crippen LogP contribution in [0.4, 0.5) is 22.0 Å². The van der Waals surface area contributed by atoms with Crippen molar-refractivity contribution in [3.05, 3.63) is 34.3 Å². The predicted octanol–water partition coefficient (Wildman–Crippen LogP) is 4.41. The van der Waals surface area contributed by atoms with Crippen LogP contribution in [-0.4, -0.2) is 37.5 Å². The second-order valence-corrected chi connectivity index (χ2v) is 5.27. The van der Waals surface area contributed by atoms with E-state index in [1.165, 1.54) is 11.0 Å². The molecule has 0 bridgehead atoms. The van der Waals surface area contributed by atoms with E-state index >= 15 is 0 Å². The lowest BCUT2D eigenvalue weighted by atomic mass is 10.0. The topological polar surface area (TPSA) is 15.3 Å². The normalized spacial score (nSPS) is 17.3. The molecule has 2 nitrogen and oxygen atoms in total. The Morgan fingerprint density at radius 2 is 1.61 bits per heavy atom. The molecule has 0 radical (unpaired) electrons. The average Bonchev–Trinajstić information content (AvgIpc) is 2.38. The van der Waals surface area contributed by atoms with Crippen LogP contribution in [0.5, 0.6) is 0 Å². The molecule has 1 fully saturated rings. The number of nitrogens with zero attached hydrogens (tertiary/aromatic N) is 1. The van der Waals surface area contributed by atoms with Crippen LogP contribution in [0.1, 0.15) is 17.2 Å². The highest BCUT2D eigenvalue weighted by molar-refractivity contribution is 6.30. The minimum Gasteiger partial charge on any atom is -0.314 e. The van der Waals surface area contributed by atoms with Gasteiger partial charge in [-0.25, -0.2) is 8.78 Å². The summed E-state index contributed by atoms with van der Waals surface area (Å²) in [4.78, 5) is 1.48. The number of piperazine rings is 1. The van der Waals surface area contributed by atoms with Crippen molar-refractivity contribution >= 4 is 36.4 Å². The smallest absolute Gasteiger partial charge is 0.314 e. The fourth-order valence-corrected chi connectivity index (χ4v) is 2.67. The summed E-state index contributed by atoms with van der Waals surface area (Å²) in [6.07, 6.45) is -7.40. The van der Waals surface area contributed by atoms with Crippen LogP contribution in [0.15, 0.2) is 18.2 Å². The number of rotatable bonds is 3. The van der Waals surface area contributed by atoms with Crippen LogP contribution in [-0.2, 0) is 6.18 Å². The summed E-state index contributed by atoms with van der Waals surface area (Å²) >= 11 is 5.67. The van der Waals surface area contributed by atoms with Gasteiger partial charge in [0.25, 0.3) is 6.43 Å². The van der Waals surface area contributed by atoms with E-state index in [9.17, 15) is 22.0 Å². The van der Waals surface area contributed by atoms with E-state index in [4.69, 9.17) is 11.6 Å². The van der Waals surface area contributed by atoms with Crippen molar-refractivity contribution in [1.82, 2.24) is 10.2 Å². The van der Waals surface area contributed by atoms with Crippen LogP contribution >= 0.6 is 36.4 Å². The van der Waals surface area contributed by atoms with Crippen LogP contribution in [0.25, 0.3) is 0 Å². The highest BCUT2D eigenvalue weighted by Gasteiger charge is 2.35. The molecule has 1 atom stereocenters. The summed E-state index contributed by atoms with van der Waals surface area (Å²) in [6, 6.07) is 1.29. The summed E-state index contributed by atoms with van der Waals surface area (Å²) in [5.41, 5.74) is -1.11. The SMILES string of the molecule is Cl.Cl.FC(F)[C@H](c1cc(Cl)cc(C(F)(F)F)c1)N1CCNCC1. The number of hydrogen-bond acceptors (Lipinski definition) is 2. The summed E-state index contributed by atoms with van der Waals surface area (Å²) in [7, 11) is 0. The first kappa shape index (κ1) is 22.7. The summed E-state index contributed by atoms with van der Waals surface area (Å²) in [5.74, 6) is 0. The third-order valence-electron chi connectivity index (χ3n) is 3.37. The van der Waals surface area contributed by atoms with Crippen molar-refractivity contribution in [2.45, 2.75) is 18.6 Å². The van der Waals surface area contributed by atoms with E-state index in [0.29, 0.717) is 26.2 Å². The van der Waals surface area contributed by atoms with Crippen LogP contribution in [0, 0.1) is 0 Å². The molecule has 2 rings (SSSR count). The van der Waals surface area contributed by atoms with Gasteiger partial charge < -0.3 is 5.32 Å². The van der Waals surface area contributed by atoms with Crippen molar-refractivity contribution in [2.75, 3.05) is 26.2 Å². The summed E-state index contributed by atoms with van der Waals surface area (Å²) in [6.45, 7) is 1.75. The second-order valence-electron chi connectivity index (χ2n) is 4.84. The Kier molecular flexibility index (Phi) is 9.09. The van der Waals surface area contributed by atoms with E-state index in [1.807, 2.05) is 0 Å². The molecule has 1 aliphatic rings. The second kappa shape index (κ2) is 9.22. The van der Waals surface area contributed by atoms with Gasteiger partial charge in [-0.3, -0.25) is 4.90 Å². The molecular weight excluding hydrogens is 386 g/mol.